The van der Waals surface area contributed by atoms with Crippen molar-refractivity contribution in [2.45, 2.75) is 38.2 Å². The first-order valence-electron chi connectivity index (χ1n) is 9.19. The van der Waals surface area contributed by atoms with Crippen LogP contribution in [0.5, 0.6) is 0 Å². The average Bonchev–Trinajstić information content (AvgIpc) is 3.37. The Balaban J connectivity index is 1.64. The van der Waals surface area contributed by atoms with E-state index in [-0.39, 0.29) is 0 Å². The highest BCUT2D eigenvalue weighted by atomic mass is 16.5. The van der Waals surface area contributed by atoms with Gasteiger partial charge in [-0.3, -0.25) is 0 Å². The van der Waals surface area contributed by atoms with Gasteiger partial charge in [-0.05, 0) is 42.7 Å². The standard InChI is InChI=1S/C23H26O/c1-24-21-14-8-13-20-22(23(20)21)19(15-17-9-4-2-5-10-17)16-18-11-6-3-7-12-18/h2-7,9-12,20-21,23H,8,13-16H2,1H3. The Hall–Kier alpha value is -1.86. The molecule has 2 aliphatic carbocycles. The molecule has 0 bridgehead atoms. The van der Waals surface area contributed by atoms with Gasteiger partial charge in [0.2, 0.25) is 0 Å². The van der Waals surface area contributed by atoms with Crippen LogP contribution in [0.4, 0.5) is 0 Å². The van der Waals surface area contributed by atoms with Crippen molar-refractivity contribution in [1.82, 2.24) is 0 Å². The van der Waals surface area contributed by atoms with E-state index in [9.17, 15) is 0 Å². The highest BCUT2D eigenvalue weighted by Crippen LogP contribution is 2.57. The second kappa shape index (κ2) is 6.94. The minimum absolute atomic E-state index is 0.445. The van der Waals surface area contributed by atoms with Crippen molar-refractivity contribution in [2.24, 2.45) is 11.8 Å². The molecule has 0 N–H and O–H groups in total. The number of allylic oxidation sites excluding steroid dienone is 1. The molecule has 2 aliphatic rings. The number of hydrogen-bond acceptors (Lipinski definition) is 1. The number of hydrogen-bond donors (Lipinski definition) is 0. The molecule has 2 fully saturated rings. The second-order valence-corrected chi connectivity index (χ2v) is 7.22. The molecule has 124 valence electrons. The second-order valence-electron chi connectivity index (χ2n) is 7.22. The summed E-state index contributed by atoms with van der Waals surface area (Å²) >= 11 is 0. The van der Waals surface area contributed by atoms with Gasteiger partial charge in [0.25, 0.3) is 0 Å². The molecule has 0 aliphatic heterocycles. The molecule has 2 aromatic carbocycles. The molecule has 0 heterocycles. The van der Waals surface area contributed by atoms with Crippen LogP contribution in [0, 0.1) is 11.8 Å². The highest BCUT2D eigenvalue weighted by Gasteiger charge is 2.52. The highest BCUT2D eigenvalue weighted by molar-refractivity contribution is 5.42. The number of ether oxygens (including phenoxy) is 1. The summed E-state index contributed by atoms with van der Waals surface area (Å²) in [5.41, 5.74) is 6.19. The molecule has 2 aromatic rings. The Kier molecular flexibility index (Phi) is 4.53. The molecule has 2 saturated carbocycles. The third kappa shape index (κ3) is 3.18. The molecule has 1 nitrogen and oxygen atoms in total. The Labute approximate surface area is 145 Å². The van der Waals surface area contributed by atoms with Crippen molar-refractivity contribution in [3.63, 3.8) is 0 Å². The van der Waals surface area contributed by atoms with E-state index in [1.54, 1.807) is 11.1 Å². The van der Waals surface area contributed by atoms with Crippen LogP contribution < -0.4 is 0 Å². The van der Waals surface area contributed by atoms with E-state index in [2.05, 4.69) is 60.7 Å². The monoisotopic (exact) mass is 318 g/mol. The van der Waals surface area contributed by atoms with Gasteiger partial charge >= 0.3 is 0 Å². The normalized spacial score (nSPS) is 25.2. The summed E-state index contributed by atoms with van der Waals surface area (Å²) < 4.78 is 5.79. The summed E-state index contributed by atoms with van der Waals surface area (Å²) in [4.78, 5) is 0. The molecule has 0 radical (unpaired) electrons. The van der Waals surface area contributed by atoms with Crippen LogP contribution >= 0.6 is 0 Å². The van der Waals surface area contributed by atoms with E-state index in [0.29, 0.717) is 12.0 Å². The molecule has 24 heavy (non-hydrogen) atoms. The number of benzene rings is 2. The average molecular weight is 318 g/mol. The van der Waals surface area contributed by atoms with E-state index in [1.165, 1.54) is 30.4 Å². The van der Waals surface area contributed by atoms with E-state index in [0.717, 1.165) is 18.8 Å². The zero-order valence-electron chi connectivity index (χ0n) is 14.4. The lowest BCUT2D eigenvalue weighted by atomic mass is 9.96. The van der Waals surface area contributed by atoms with Crippen molar-refractivity contribution < 1.29 is 4.74 Å². The molecule has 3 atom stereocenters. The third-order valence-electron chi connectivity index (χ3n) is 5.72. The topological polar surface area (TPSA) is 9.23 Å². The fourth-order valence-corrected chi connectivity index (χ4v) is 4.57. The predicted octanol–water partition coefficient (Wildman–Crippen LogP) is 5.21. The lowest BCUT2D eigenvalue weighted by Gasteiger charge is -2.18. The molecule has 0 spiro atoms. The fourth-order valence-electron chi connectivity index (χ4n) is 4.57. The van der Waals surface area contributed by atoms with Crippen LogP contribution in [-0.4, -0.2) is 13.2 Å². The van der Waals surface area contributed by atoms with Crippen molar-refractivity contribution >= 4 is 0 Å². The minimum atomic E-state index is 0.445. The van der Waals surface area contributed by atoms with Gasteiger partial charge in [0.05, 0.1) is 6.10 Å². The van der Waals surface area contributed by atoms with Crippen LogP contribution in [0.1, 0.15) is 30.4 Å². The molecule has 1 heteroatoms. The number of fused-ring (bicyclic) bond motifs is 1. The first-order chi connectivity index (χ1) is 11.9. The van der Waals surface area contributed by atoms with Gasteiger partial charge in [-0.1, -0.05) is 78.2 Å². The van der Waals surface area contributed by atoms with E-state index < -0.39 is 0 Å². The van der Waals surface area contributed by atoms with Crippen molar-refractivity contribution in [1.29, 1.82) is 0 Å². The Bertz CT molecular complexity index is 658. The Morgan fingerprint density at radius 3 is 2.00 bits per heavy atom. The number of methoxy groups -OCH3 is 1. The van der Waals surface area contributed by atoms with Crippen LogP contribution in [0.15, 0.2) is 71.8 Å². The van der Waals surface area contributed by atoms with Gasteiger partial charge in [0.15, 0.2) is 0 Å². The van der Waals surface area contributed by atoms with Gasteiger partial charge in [0, 0.05) is 13.0 Å². The predicted molar refractivity (Wildman–Crippen MR) is 98.9 cm³/mol. The van der Waals surface area contributed by atoms with Gasteiger partial charge in [-0.2, -0.15) is 0 Å². The maximum Gasteiger partial charge on any atom is 0.0642 e. The lowest BCUT2D eigenvalue weighted by molar-refractivity contribution is 0.0607. The van der Waals surface area contributed by atoms with Gasteiger partial charge in [0.1, 0.15) is 0 Å². The molecule has 4 rings (SSSR count). The summed E-state index contributed by atoms with van der Waals surface area (Å²) in [6.07, 6.45) is 6.49. The van der Waals surface area contributed by atoms with E-state index in [4.69, 9.17) is 4.74 Å². The quantitative estimate of drug-likeness (QED) is 0.687. The maximum atomic E-state index is 5.79. The largest absolute Gasteiger partial charge is 0.381 e. The van der Waals surface area contributed by atoms with Crippen LogP contribution in [0.3, 0.4) is 0 Å². The molecule has 3 unspecified atom stereocenters. The summed E-state index contributed by atoms with van der Waals surface area (Å²) in [7, 11) is 1.89. The van der Waals surface area contributed by atoms with Crippen molar-refractivity contribution in [3.05, 3.63) is 82.9 Å². The first kappa shape index (κ1) is 15.7. The van der Waals surface area contributed by atoms with Crippen LogP contribution in [0.2, 0.25) is 0 Å². The summed E-state index contributed by atoms with van der Waals surface area (Å²) in [5, 5.41) is 0. The molecule has 0 saturated heterocycles. The smallest absolute Gasteiger partial charge is 0.0642 e. The van der Waals surface area contributed by atoms with Crippen LogP contribution in [0.25, 0.3) is 0 Å². The zero-order valence-corrected chi connectivity index (χ0v) is 14.4. The maximum absolute atomic E-state index is 5.79. The number of rotatable bonds is 5. The molecule has 0 aromatic heterocycles. The van der Waals surface area contributed by atoms with Crippen molar-refractivity contribution in [3.8, 4) is 0 Å². The van der Waals surface area contributed by atoms with E-state index in [1.807, 2.05) is 7.11 Å². The Morgan fingerprint density at radius 1 is 0.875 bits per heavy atom. The summed E-state index contributed by atoms with van der Waals surface area (Å²) in [5.74, 6) is 1.47. The van der Waals surface area contributed by atoms with E-state index >= 15 is 0 Å². The minimum Gasteiger partial charge on any atom is -0.381 e. The Morgan fingerprint density at radius 2 is 1.46 bits per heavy atom. The summed E-state index contributed by atoms with van der Waals surface area (Å²) in [6.45, 7) is 0. The van der Waals surface area contributed by atoms with Gasteiger partial charge in [-0.15, -0.1) is 0 Å². The fraction of sp³-hybridized carbons (Fsp3) is 0.391. The summed E-state index contributed by atoms with van der Waals surface area (Å²) in [6, 6.07) is 21.8. The van der Waals surface area contributed by atoms with Gasteiger partial charge in [-0.25, -0.2) is 0 Å². The zero-order chi connectivity index (χ0) is 16.4. The molecular weight excluding hydrogens is 292 g/mol. The van der Waals surface area contributed by atoms with Gasteiger partial charge < -0.3 is 4.74 Å². The van der Waals surface area contributed by atoms with Crippen molar-refractivity contribution in [2.75, 3.05) is 7.11 Å². The molecule has 0 amide bonds. The lowest BCUT2D eigenvalue weighted by Crippen LogP contribution is -2.17. The first-order valence-corrected chi connectivity index (χ1v) is 9.19. The molecular formula is C23H26O. The SMILES string of the molecule is COC1CCCC2C(=C(Cc3ccccc3)Cc3ccccc3)C12. The third-order valence-corrected chi connectivity index (χ3v) is 5.72. The van der Waals surface area contributed by atoms with Crippen LogP contribution in [-0.2, 0) is 17.6 Å².